The molecular weight excluding hydrogens is 258 g/mol. The molecule has 3 heteroatoms. The molecule has 21 heavy (non-hydrogen) atoms. The molecule has 0 aliphatic carbocycles. The Morgan fingerprint density at radius 1 is 0.952 bits per heavy atom. The highest BCUT2D eigenvalue weighted by Crippen LogP contribution is 2.35. The third kappa shape index (κ3) is 3.16. The van der Waals surface area contributed by atoms with E-state index in [0.717, 1.165) is 19.6 Å². The normalized spacial score (nSPS) is 23.1. The van der Waals surface area contributed by atoms with Gasteiger partial charge in [0.2, 0.25) is 0 Å². The molecule has 2 atom stereocenters. The SMILES string of the molecule is NCCN1CCNC(c2ccccc2)C1c1ccccc1. The highest BCUT2D eigenvalue weighted by atomic mass is 15.2. The fourth-order valence-electron chi connectivity index (χ4n) is 3.26. The molecule has 2 aromatic rings. The van der Waals surface area contributed by atoms with Crippen LogP contribution in [0.15, 0.2) is 60.7 Å². The highest BCUT2D eigenvalue weighted by molar-refractivity contribution is 5.28. The van der Waals surface area contributed by atoms with Crippen LogP contribution in [0.4, 0.5) is 0 Å². The fourth-order valence-corrected chi connectivity index (χ4v) is 3.26. The Kier molecular flexibility index (Phi) is 4.65. The van der Waals surface area contributed by atoms with Crippen molar-refractivity contribution in [1.29, 1.82) is 0 Å². The van der Waals surface area contributed by atoms with Crippen molar-refractivity contribution in [3.8, 4) is 0 Å². The first kappa shape index (κ1) is 14.3. The van der Waals surface area contributed by atoms with Crippen molar-refractivity contribution in [2.45, 2.75) is 12.1 Å². The van der Waals surface area contributed by atoms with Crippen LogP contribution in [0.2, 0.25) is 0 Å². The molecular formula is C18H23N3. The lowest BCUT2D eigenvalue weighted by atomic mass is 9.90. The summed E-state index contributed by atoms with van der Waals surface area (Å²) in [6.07, 6.45) is 0. The lowest BCUT2D eigenvalue weighted by molar-refractivity contribution is 0.123. The van der Waals surface area contributed by atoms with Crippen LogP contribution in [0.25, 0.3) is 0 Å². The molecule has 2 unspecified atom stereocenters. The summed E-state index contributed by atoms with van der Waals surface area (Å²) in [5.41, 5.74) is 8.52. The van der Waals surface area contributed by atoms with E-state index in [0.29, 0.717) is 18.6 Å². The molecule has 1 saturated heterocycles. The summed E-state index contributed by atoms with van der Waals surface area (Å²) in [7, 11) is 0. The van der Waals surface area contributed by atoms with Crippen LogP contribution in [0, 0.1) is 0 Å². The monoisotopic (exact) mass is 281 g/mol. The number of nitrogens with one attached hydrogen (secondary N) is 1. The molecule has 1 heterocycles. The van der Waals surface area contributed by atoms with E-state index in [2.05, 4.69) is 70.9 Å². The summed E-state index contributed by atoms with van der Waals surface area (Å²) in [6, 6.07) is 22.1. The maximum absolute atomic E-state index is 5.82. The van der Waals surface area contributed by atoms with Gasteiger partial charge in [-0.15, -0.1) is 0 Å². The number of rotatable bonds is 4. The first-order chi connectivity index (χ1) is 10.4. The van der Waals surface area contributed by atoms with Crippen molar-refractivity contribution < 1.29 is 0 Å². The molecule has 0 saturated carbocycles. The van der Waals surface area contributed by atoms with Crippen LogP contribution in [0.5, 0.6) is 0 Å². The van der Waals surface area contributed by atoms with E-state index in [-0.39, 0.29) is 0 Å². The van der Waals surface area contributed by atoms with Crippen LogP contribution in [-0.2, 0) is 0 Å². The number of nitrogens with two attached hydrogens (primary N) is 1. The van der Waals surface area contributed by atoms with Crippen LogP contribution in [0.3, 0.4) is 0 Å². The zero-order valence-corrected chi connectivity index (χ0v) is 12.3. The average Bonchev–Trinajstić information content (AvgIpc) is 2.56. The standard InChI is InChI=1S/C18H23N3/c19-11-13-21-14-12-20-17(15-7-3-1-4-8-15)18(21)16-9-5-2-6-10-16/h1-10,17-18,20H,11-14,19H2. The maximum atomic E-state index is 5.82. The summed E-state index contributed by atoms with van der Waals surface area (Å²) >= 11 is 0. The largest absolute Gasteiger partial charge is 0.329 e. The van der Waals surface area contributed by atoms with Gasteiger partial charge in [0.05, 0.1) is 12.1 Å². The van der Waals surface area contributed by atoms with E-state index in [1.165, 1.54) is 11.1 Å². The molecule has 0 amide bonds. The minimum atomic E-state index is 0.314. The van der Waals surface area contributed by atoms with Gasteiger partial charge in [-0.05, 0) is 11.1 Å². The molecule has 1 fully saturated rings. The third-order valence-corrected chi connectivity index (χ3v) is 4.19. The molecule has 110 valence electrons. The van der Waals surface area contributed by atoms with Gasteiger partial charge in [-0.25, -0.2) is 0 Å². The molecule has 0 bridgehead atoms. The lowest BCUT2D eigenvalue weighted by Crippen LogP contribution is -2.49. The first-order valence-corrected chi connectivity index (χ1v) is 7.67. The third-order valence-electron chi connectivity index (χ3n) is 4.19. The van der Waals surface area contributed by atoms with Gasteiger partial charge in [0.25, 0.3) is 0 Å². The second-order valence-electron chi connectivity index (χ2n) is 5.52. The predicted molar refractivity (Wildman–Crippen MR) is 87.0 cm³/mol. The molecule has 0 aromatic heterocycles. The molecule has 1 aliphatic rings. The number of hydrogen-bond acceptors (Lipinski definition) is 3. The molecule has 3 nitrogen and oxygen atoms in total. The van der Waals surface area contributed by atoms with Crippen molar-refractivity contribution in [2.24, 2.45) is 5.73 Å². The zero-order valence-electron chi connectivity index (χ0n) is 12.3. The van der Waals surface area contributed by atoms with Gasteiger partial charge in [-0.2, -0.15) is 0 Å². The van der Waals surface area contributed by atoms with Crippen LogP contribution in [0.1, 0.15) is 23.2 Å². The number of hydrogen-bond donors (Lipinski definition) is 2. The predicted octanol–water partition coefficient (Wildman–Crippen LogP) is 2.33. The van der Waals surface area contributed by atoms with Gasteiger partial charge in [-0.1, -0.05) is 60.7 Å². The van der Waals surface area contributed by atoms with Gasteiger partial charge in [-0.3, -0.25) is 4.90 Å². The van der Waals surface area contributed by atoms with Crippen molar-refractivity contribution in [1.82, 2.24) is 10.2 Å². The van der Waals surface area contributed by atoms with Gasteiger partial charge in [0.15, 0.2) is 0 Å². The average molecular weight is 281 g/mol. The summed E-state index contributed by atoms with van der Waals surface area (Å²) < 4.78 is 0. The van der Waals surface area contributed by atoms with E-state index in [1.807, 2.05) is 0 Å². The summed E-state index contributed by atoms with van der Waals surface area (Å²) in [5.74, 6) is 0. The minimum Gasteiger partial charge on any atom is -0.329 e. The molecule has 1 aliphatic heterocycles. The van der Waals surface area contributed by atoms with E-state index >= 15 is 0 Å². The Morgan fingerprint density at radius 3 is 2.19 bits per heavy atom. The minimum absolute atomic E-state index is 0.314. The maximum Gasteiger partial charge on any atom is 0.0544 e. The second kappa shape index (κ2) is 6.85. The van der Waals surface area contributed by atoms with E-state index in [1.54, 1.807) is 0 Å². The summed E-state index contributed by atoms with van der Waals surface area (Å²) in [5, 5.41) is 3.69. The fraction of sp³-hybridized carbons (Fsp3) is 0.333. The molecule has 0 spiro atoms. The van der Waals surface area contributed by atoms with E-state index < -0.39 is 0 Å². The van der Waals surface area contributed by atoms with Gasteiger partial charge < -0.3 is 11.1 Å². The van der Waals surface area contributed by atoms with Crippen LogP contribution in [-0.4, -0.2) is 31.1 Å². The Labute approximate surface area is 126 Å². The van der Waals surface area contributed by atoms with E-state index in [4.69, 9.17) is 5.73 Å². The molecule has 0 radical (unpaired) electrons. The topological polar surface area (TPSA) is 41.3 Å². The van der Waals surface area contributed by atoms with E-state index in [9.17, 15) is 0 Å². The Morgan fingerprint density at radius 2 is 1.57 bits per heavy atom. The van der Waals surface area contributed by atoms with Crippen molar-refractivity contribution >= 4 is 0 Å². The number of benzene rings is 2. The smallest absolute Gasteiger partial charge is 0.0544 e. The van der Waals surface area contributed by atoms with Gasteiger partial charge >= 0.3 is 0 Å². The highest BCUT2D eigenvalue weighted by Gasteiger charge is 2.32. The summed E-state index contributed by atoms with van der Waals surface area (Å²) in [4.78, 5) is 2.50. The molecule has 3 rings (SSSR count). The number of piperazine rings is 1. The Balaban J connectivity index is 1.96. The first-order valence-electron chi connectivity index (χ1n) is 7.67. The van der Waals surface area contributed by atoms with Gasteiger partial charge in [0, 0.05) is 26.2 Å². The quantitative estimate of drug-likeness (QED) is 0.904. The lowest BCUT2D eigenvalue weighted by Gasteiger charge is -2.42. The van der Waals surface area contributed by atoms with Crippen molar-refractivity contribution in [3.63, 3.8) is 0 Å². The van der Waals surface area contributed by atoms with Gasteiger partial charge in [0.1, 0.15) is 0 Å². The zero-order chi connectivity index (χ0) is 14.5. The molecule has 2 aromatic carbocycles. The van der Waals surface area contributed by atoms with Crippen molar-refractivity contribution in [2.75, 3.05) is 26.2 Å². The Hall–Kier alpha value is -1.68. The number of nitrogens with zero attached hydrogens (tertiary/aromatic N) is 1. The van der Waals surface area contributed by atoms with Crippen LogP contribution < -0.4 is 11.1 Å². The second-order valence-corrected chi connectivity index (χ2v) is 5.52. The van der Waals surface area contributed by atoms with Crippen LogP contribution >= 0.6 is 0 Å². The molecule has 3 N–H and O–H groups in total. The van der Waals surface area contributed by atoms with Crippen molar-refractivity contribution in [3.05, 3.63) is 71.8 Å². The summed E-state index contributed by atoms with van der Waals surface area (Å²) in [6.45, 7) is 3.68. The Bertz CT molecular complexity index is 539.